The van der Waals surface area contributed by atoms with E-state index in [-0.39, 0.29) is 12.5 Å². The van der Waals surface area contributed by atoms with Crippen molar-refractivity contribution in [3.05, 3.63) is 48.7 Å². The van der Waals surface area contributed by atoms with E-state index in [0.29, 0.717) is 19.0 Å². The van der Waals surface area contributed by atoms with Gasteiger partial charge < -0.3 is 14.6 Å². The summed E-state index contributed by atoms with van der Waals surface area (Å²) in [5.74, 6) is 0.607. The summed E-state index contributed by atoms with van der Waals surface area (Å²) in [5.41, 5.74) is 2.50. The van der Waals surface area contributed by atoms with Crippen LogP contribution in [0.1, 0.15) is 0 Å². The van der Waals surface area contributed by atoms with Gasteiger partial charge in [-0.3, -0.25) is 9.78 Å². The first-order valence-corrected chi connectivity index (χ1v) is 7.42. The van der Waals surface area contributed by atoms with E-state index < -0.39 is 0 Å². The van der Waals surface area contributed by atoms with Crippen molar-refractivity contribution in [1.82, 2.24) is 19.9 Å². The number of rotatable bonds is 6. The van der Waals surface area contributed by atoms with Crippen LogP contribution in [0.2, 0.25) is 0 Å². The van der Waals surface area contributed by atoms with Crippen LogP contribution in [0.25, 0.3) is 22.6 Å². The summed E-state index contributed by atoms with van der Waals surface area (Å²) in [6, 6.07) is 13.4. The van der Waals surface area contributed by atoms with Crippen LogP contribution in [-0.2, 0) is 16.1 Å². The van der Waals surface area contributed by atoms with E-state index in [9.17, 15) is 4.79 Å². The standard InChI is InChI=1S/C17H18N4O2/c1-23-11-10-19-16(22)12-21-15-8-3-2-6-13(15)20-17(21)14-7-4-5-9-18-14/h2-9H,10-12H2,1H3,(H,19,22). The molecule has 0 radical (unpaired) electrons. The van der Waals surface area contributed by atoms with Gasteiger partial charge in [0.1, 0.15) is 12.2 Å². The topological polar surface area (TPSA) is 69.0 Å². The molecule has 2 aromatic heterocycles. The van der Waals surface area contributed by atoms with Crippen LogP contribution >= 0.6 is 0 Å². The number of pyridine rings is 1. The minimum atomic E-state index is -0.0811. The van der Waals surface area contributed by atoms with Gasteiger partial charge >= 0.3 is 0 Å². The van der Waals surface area contributed by atoms with Crippen LogP contribution in [-0.4, -0.2) is 40.7 Å². The van der Waals surface area contributed by atoms with Gasteiger partial charge in [-0.1, -0.05) is 18.2 Å². The third-order valence-corrected chi connectivity index (χ3v) is 3.48. The second-order valence-corrected chi connectivity index (χ2v) is 5.07. The van der Waals surface area contributed by atoms with Gasteiger partial charge in [0.05, 0.1) is 17.6 Å². The van der Waals surface area contributed by atoms with E-state index in [1.54, 1.807) is 13.3 Å². The molecular formula is C17H18N4O2. The number of fused-ring (bicyclic) bond motifs is 1. The Morgan fingerprint density at radius 2 is 2.04 bits per heavy atom. The van der Waals surface area contributed by atoms with Crippen molar-refractivity contribution in [1.29, 1.82) is 0 Å². The maximum atomic E-state index is 12.2. The van der Waals surface area contributed by atoms with Crippen LogP contribution in [0.15, 0.2) is 48.7 Å². The Labute approximate surface area is 134 Å². The van der Waals surface area contributed by atoms with Gasteiger partial charge in [0, 0.05) is 19.9 Å². The van der Waals surface area contributed by atoms with Crippen molar-refractivity contribution in [3.8, 4) is 11.5 Å². The molecule has 0 aliphatic heterocycles. The van der Waals surface area contributed by atoms with Crippen LogP contribution in [0.5, 0.6) is 0 Å². The molecule has 0 atom stereocenters. The Balaban J connectivity index is 1.95. The molecule has 2 heterocycles. The van der Waals surface area contributed by atoms with Crippen molar-refractivity contribution in [2.75, 3.05) is 20.3 Å². The average Bonchev–Trinajstić information content (AvgIpc) is 2.95. The lowest BCUT2D eigenvalue weighted by atomic mass is 10.3. The van der Waals surface area contributed by atoms with Crippen molar-refractivity contribution in [3.63, 3.8) is 0 Å². The van der Waals surface area contributed by atoms with Crippen LogP contribution in [0.3, 0.4) is 0 Å². The number of aromatic nitrogens is 3. The number of para-hydroxylation sites is 2. The van der Waals surface area contributed by atoms with Gasteiger partial charge in [0.2, 0.25) is 5.91 Å². The Bertz CT molecular complexity index is 799. The summed E-state index contributed by atoms with van der Waals surface area (Å²) in [6.07, 6.45) is 1.72. The highest BCUT2D eigenvalue weighted by Crippen LogP contribution is 2.23. The number of amides is 1. The average molecular weight is 310 g/mol. The van der Waals surface area contributed by atoms with Crippen molar-refractivity contribution >= 4 is 16.9 Å². The lowest BCUT2D eigenvalue weighted by Crippen LogP contribution is -2.30. The van der Waals surface area contributed by atoms with E-state index in [1.165, 1.54) is 0 Å². The normalized spacial score (nSPS) is 10.8. The number of benzene rings is 1. The lowest BCUT2D eigenvalue weighted by Gasteiger charge is -2.09. The van der Waals surface area contributed by atoms with E-state index in [2.05, 4.69) is 15.3 Å². The highest BCUT2D eigenvalue weighted by atomic mass is 16.5. The number of hydrogen-bond donors (Lipinski definition) is 1. The predicted molar refractivity (Wildman–Crippen MR) is 87.8 cm³/mol. The highest BCUT2D eigenvalue weighted by Gasteiger charge is 2.15. The molecular weight excluding hydrogens is 292 g/mol. The van der Waals surface area contributed by atoms with Gasteiger partial charge in [-0.25, -0.2) is 4.98 Å². The second-order valence-electron chi connectivity index (χ2n) is 5.07. The molecule has 3 rings (SSSR count). The zero-order chi connectivity index (χ0) is 16.1. The Morgan fingerprint density at radius 3 is 2.83 bits per heavy atom. The van der Waals surface area contributed by atoms with Crippen molar-refractivity contribution < 1.29 is 9.53 Å². The van der Waals surface area contributed by atoms with Crippen LogP contribution in [0.4, 0.5) is 0 Å². The minimum absolute atomic E-state index is 0.0811. The molecule has 3 aromatic rings. The van der Waals surface area contributed by atoms with Crippen molar-refractivity contribution in [2.24, 2.45) is 0 Å². The molecule has 1 amide bonds. The summed E-state index contributed by atoms with van der Waals surface area (Å²) < 4.78 is 6.84. The fourth-order valence-electron chi connectivity index (χ4n) is 2.42. The maximum absolute atomic E-state index is 12.2. The third-order valence-electron chi connectivity index (χ3n) is 3.48. The first kappa shape index (κ1) is 15.2. The summed E-state index contributed by atoms with van der Waals surface area (Å²) in [6.45, 7) is 1.17. The summed E-state index contributed by atoms with van der Waals surface area (Å²) in [4.78, 5) is 21.2. The fourth-order valence-corrected chi connectivity index (χ4v) is 2.42. The molecule has 1 aromatic carbocycles. The molecule has 6 heteroatoms. The van der Waals surface area contributed by atoms with Gasteiger partial charge in [-0.2, -0.15) is 0 Å². The molecule has 1 N–H and O–H groups in total. The summed E-state index contributed by atoms with van der Waals surface area (Å²) in [7, 11) is 1.61. The second kappa shape index (κ2) is 7.02. The molecule has 0 saturated heterocycles. The van der Waals surface area contributed by atoms with E-state index in [0.717, 1.165) is 16.7 Å². The van der Waals surface area contributed by atoms with Crippen molar-refractivity contribution in [2.45, 2.75) is 6.54 Å². The molecule has 6 nitrogen and oxygen atoms in total. The SMILES string of the molecule is COCCNC(=O)Cn1c(-c2ccccn2)nc2ccccc21. The lowest BCUT2D eigenvalue weighted by molar-refractivity contribution is -0.121. The van der Waals surface area contributed by atoms with Crippen LogP contribution in [0, 0.1) is 0 Å². The number of nitrogens with one attached hydrogen (secondary N) is 1. The molecule has 0 aliphatic rings. The van der Waals surface area contributed by atoms with Gasteiger partial charge in [-0.05, 0) is 24.3 Å². The van der Waals surface area contributed by atoms with E-state index in [1.807, 2.05) is 47.0 Å². The van der Waals surface area contributed by atoms with Gasteiger partial charge in [0.15, 0.2) is 5.82 Å². The Morgan fingerprint density at radius 1 is 1.22 bits per heavy atom. The number of carbonyl (C=O) groups excluding carboxylic acids is 1. The Kier molecular flexibility index (Phi) is 4.63. The highest BCUT2D eigenvalue weighted by molar-refractivity contribution is 5.84. The number of ether oxygens (including phenoxy) is 1. The zero-order valence-electron chi connectivity index (χ0n) is 12.9. The third kappa shape index (κ3) is 3.37. The molecule has 0 aliphatic carbocycles. The number of imidazole rings is 1. The molecule has 118 valence electrons. The minimum Gasteiger partial charge on any atom is -0.383 e. The zero-order valence-corrected chi connectivity index (χ0v) is 12.9. The van der Waals surface area contributed by atoms with Gasteiger partial charge in [0.25, 0.3) is 0 Å². The Hall–Kier alpha value is -2.73. The number of hydrogen-bond acceptors (Lipinski definition) is 4. The largest absolute Gasteiger partial charge is 0.383 e. The molecule has 23 heavy (non-hydrogen) atoms. The predicted octanol–water partition coefficient (Wildman–Crippen LogP) is 1.86. The molecule has 0 spiro atoms. The first-order valence-electron chi connectivity index (χ1n) is 7.42. The number of carbonyl (C=O) groups is 1. The monoisotopic (exact) mass is 310 g/mol. The number of methoxy groups -OCH3 is 1. The van der Waals surface area contributed by atoms with E-state index >= 15 is 0 Å². The quantitative estimate of drug-likeness (QED) is 0.706. The molecule has 0 fully saturated rings. The summed E-state index contributed by atoms with van der Waals surface area (Å²) in [5, 5.41) is 2.83. The number of nitrogens with zero attached hydrogens (tertiary/aromatic N) is 3. The maximum Gasteiger partial charge on any atom is 0.240 e. The smallest absolute Gasteiger partial charge is 0.240 e. The van der Waals surface area contributed by atoms with Crippen LogP contribution < -0.4 is 5.32 Å². The fraction of sp³-hybridized carbons (Fsp3) is 0.235. The molecule has 0 bridgehead atoms. The van der Waals surface area contributed by atoms with E-state index in [4.69, 9.17) is 4.74 Å². The molecule has 0 unspecified atom stereocenters. The summed E-state index contributed by atoms with van der Waals surface area (Å²) >= 11 is 0. The van der Waals surface area contributed by atoms with Gasteiger partial charge in [-0.15, -0.1) is 0 Å². The molecule has 0 saturated carbocycles. The first-order chi connectivity index (χ1) is 11.3.